The summed E-state index contributed by atoms with van der Waals surface area (Å²) in [7, 11) is 0. The largest absolute Gasteiger partial charge is 0.465 e. The fraction of sp³-hybridized carbons (Fsp3) is 0.619. The molecule has 2 amide bonds. The van der Waals surface area contributed by atoms with Gasteiger partial charge in [0.25, 0.3) is 0 Å². The van der Waals surface area contributed by atoms with Crippen LogP contribution in [0.3, 0.4) is 0 Å². The molecule has 3 heterocycles. The number of halogens is 1. The lowest BCUT2D eigenvalue weighted by Crippen LogP contribution is -2.38. The van der Waals surface area contributed by atoms with Crippen LogP contribution in [-0.2, 0) is 22.5 Å². The number of amides is 2. The summed E-state index contributed by atoms with van der Waals surface area (Å²) < 4.78 is 5.39. The van der Waals surface area contributed by atoms with E-state index >= 15 is 0 Å². The van der Waals surface area contributed by atoms with Crippen molar-refractivity contribution in [3.63, 3.8) is 0 Å². The van der Waals surface area contributed by atoms with Gasteiger partial charge in [-0.1, -0.05) is 11.6 Å². The lowest BCUT2D eigenvalue weighted by Gasteiger charge is -2.34. The van der Waals surface area contributed by atoms with Crippen molar-refractivity contribution < 1.29 is 19.4 Å². The van der Waals surface area contributed by atoms with Crippen molar-refractivity contribution in [2.45, 2.75) is 51.1 Å². The molecule has 4 rings (SSSR count). The summed E-state index contributed by atoms with van der Waals surface area (Å²) in [5, 5.41) is 10.1. The summed E-state index contributed by atoms with van der Waals surface area (Å²) in [4.78, 5) is 27.9. The molecule has 3 aliphatic heterocycles. The summed E-state index contributed by atoms with van der Waals surface area (Å²) in [6, 6.07) is 3.73. The van der Waals surface area contributed by atoms with E-state index in [4.69, 9.17) is 16.3 Å². The Morgan fingerprint density at radius 1 is 1.18 bits per heavy atom. The Balaban J connectivity index is 1.52. The number of ether oxygens (including phenoxy) is 1. The van der Waals surface area contributed by atoms with E-state index < -0.39 is 6.09 Å². The molecule has 1 aromatic carbocycles. The Morgan fingerprint density at radius 2 is 1.96 bits per heavy atom. The van der Waals surface area contributed by atoms with E-state index in [1.54, 1.807) is 0 Å². The van der Waals surface area contributed by atoms with Crippen LogP contribution in [0.15, 0.2) is 12.1 Å². The van der Waals surface area contributed by atoms with Crippen molar-refractivity contribution >= 4 is 23.6 Å². The second-order valence-corrected chi connectivity index (χ2v) is 8.53. The highest BCUT2D eigenvalue weighted by molar-refractivity contribution is 6.30. The zero-order valence-corrected chi connectivity index (χ0v) is 16.8. The van der Waals surface area contributed by atoms with Crippen molar-refractivity contribution in [3.8, 4) is 0 Å². The van der Waals surface area contributed by atoms with Crippen LogP contribution < -0.4 is 0 Å². The summed E-state index contributed by atoms with van der Waals surface area (Å²) in [6.07, 6.45) is 4.07. The fourth-order valence-corrected chi connectivity index (χ4v) is 5.10. The number of carboxylic acid groups (broad SMARTS) is 1. The van der Waals surface area contributed by atoms with E-state index in [-0.39, 0.29) is 11.9 Å². The molecule has 3 aliphatic rings. The Bertz CT molecular complexity index is 763. The molecule has 1 aromatic rings. The summed E-state index contributed by atoms with van der Waals surface area (Å²) in [5.41, 5.74) is 3.27. The van der Waals surface area contributed by atoms with Gasteiger partial charge in [0.1, 0.15) is 0 Å². The minimum Gasteiger partial charge on any atom is -0.465 e. The van der Waals surface area contributed by atoms with Gasteiger partial charge >= 0.3 is 6.09 Å². The standard InChI is InChI=1S/C21H27ClN2O4/c22-16-11-15-13-23(20(25)10-14-4-8-28-9-5-14)7-3-17(15)18(12-16)19-2-1-6-24(19)21(26)27/h11-12,14,19H,1-10,13H2,(H,26,27)/t19-/m0/s1. The second-order valence-electron chi connectivity index (χ2n) is 8.09. The average Bonchev–Trinajstić information content (AvgIpc) is 3.17. The summed E-state index contributed by atoms with van der Waals surface area (Å²) in [5.74, 6) is 0.618. The van der Waals surface area contributed by atoms with E-state index in [1.807, 2.05) is 17.0 Å². The molecular weight excluding hydrogens is 380 g/mol. The highest BCUT2D eigenvalue weighted by atomic mass is 35.5. The van der Waals surface area contributed by atoms with Gasteiger partial charge in [-0.3, -0.25) is 4.79 Å². The SMILES string of the molecule is O=C(CC1CCOCC1)N1CCc2c(cc(Cl)cc2[C@@H]2CCCN2C(=O)O)C1. The van der Waals surface area contributed by atoms with E-state index in [1.165, 1.54) is 10.5 Å². The number of rotatable bonds is 3. The third-order valence-corrected chi connectivity index (χ3v) is 6.57. The lowest BCUT2D eigenvalue weighted by molar-refractivity contribution is -0.133. The van der Waals surface area contributed by atoms with Crippen LogP contribution in [0, 0.1) is 5.92 Å². The van der Waals surface area contributed by atoms with Crippen LogP contribution in [0.5, 0.6) is 0 Å². The van der Waals surface area contributed by atoms with E-state index in [0.29, 0.717) is 37.0 Å². The molecule has 1 atom stereocenters. The maximum atomic E-state index is 12.8. The third kappa shape index (κ3) is 3.98. The maximum absolute atomic E-state index is 12.8. The minimum atomic E-state index is -0.875. The lowest BCUT2D eigenvalue weighted by atomic mass is 9.89. The number of carbonyl (C=O) groups is 2. The van der Waals surface area contributed by atoms with Gasteiger partial charge in [-0.25, -0.2) is 4.79 Å². The minimum absolute atomic E-state index is 0.130. The first kappa shape index (κ1) is 19.5. The van der Waals surface area contributed by atoms with Crippen molar-refractivity contribution in [3.05, 3.63) is 33.8 Å². The molecule has 0 aliphatic carbocycles. The van der Waals surface area contributed by atoms with Crippen molar-refractivity contribution in [2.24, 2.45) is 5.92 Å². The highest BCUT2D eigenvalue weighted by Crippen LogP contribution is 2.38. The topological polar surface area (TPSA) is 70.1 Å². The van der Waals surface area contributed by atoms with Gasteiger partial charge in [-0.15, -0.1) is 0 Å². The molecule has 0 spiro atoms. The quantitative estimate of drug-likeness (QED) is 0.827. The first-order valence-corrected chi connectivity index (χ1v) is 10.6. The number of likely N-dealkylation sites (tertiary alicyclic amines) is 1. The number of fused-ring (bicyclic) bond motifs is 1. The van der Waals surface area contributed by atoms with Crippen LogP contribution in [0.2, 0.25) is 5.02 Å². The fourth-order valence-electron chi connectivity index (χ4n) is 4.85. The van der Waals surface area contributed by atoms with Crippen LogP contribution in [0.4, 0.5) is 4.79 Å². The zero-order chi connectivity index (χ0) is 19.7. The van der Waals surface area contributed by atoms with Crippen LogP contribution in [0.1, 0.15) is 54.8 Å². The predicted molar refractivity (Wildman–Crippen MR) is 105 cm³/mol. The molecule has 0 saturated carbocycles. The first-order chi connectivity index (χ1) is 13.5. The molecule has 0 radical (unpaired) electrons. The number of nitrogens with zero attached hydrogens (tertiary/aromatic N) is 2. The predicted octanol–water partition coefficient (Wildman–Crippen LogP) is 3.86. The smallest absolute Gasteiger partial charge is 0.407 e. The molecule has 2 fully saturated rings. The number of benzene rings is 1. The van der Waals surface area contributed by atoms with Gasteiger partial charge in [0.15, 0.2) is 0 Å². The number of hydrogen-bond acceptors (Lipinski definition) is 3. The first-order valence-electron chi connectivity index (χ1n) is 10.2. The van der Waals surface area contributed by atoms with Gasteiger partial charge in [0, 0.05) is 44.3 Å². The molecular formula is C21H27ClN2O4. The molecule has 1 N–H and O–H groups in total. The zero-order valence-electron chi connectivity index (χ0n) is 16.0. The van der Waals surface area contributed by atoms with E-state index in [9.17, 15) is 14.7 Å². The van der Waals surface area contributed by atoms with Gasteiger partial charge in [-0.2, -0.15) is 0 Å². The van der Waals surface area contributed by atoms with Gasteiger partial charge in [0.2, 0.25) is 5.91 Å². The molecule has 6 nitrogen and oxygen atoms in total. The normalized spacial score (nSPS) is 23.0. The molecule has 7 heteroatoms. The molecule has 152 valence electrons. The van der Waals surface area contributed by atoms with Gasteiger partial charge < -0.3 is 19.6 Å². The van der Waals surface area contributed by atoms with Crippen LogP contribution in [-0.4, -0.2) is 53.2 Å². The molecule has 0 aromatic heterocycles. The van der Waals surface area contributed by atoms with Gasteiger partial charge in [0.05, 0.1) is 6.04 Å². The van der Waals surface area contributed by atoms with Gasteiger partial charge in [-0.05, 0) is 66.8 Å². The van der Waals surface area contributed by atoms with Crippen LogP contribution >= 0.6 is 11.6 Å². The van der Waals surface area contributed by atoms with Crippen molar-refractivity contribution in [1.29, 1.82) is 0 Å². The molecule has 0 unspecified atom stereocenters. The molecule has 0 bridgehead atoms. The number of carbonyl (C=O) groups excluding carboxylic acids is 1. The Morgan fingerprint density at radius 3 is 2.71 bits per heavy atom. The highest BCUT2D eigenvalue weighted by Gasteiger charge is 2.34. The van der Waals surface area contributed by atoms with E-state index in [0.717, 1.165) is 56.4 Å². The van der Waals surface area contributed by atoms with E-state index in [2.05, 4.69) is 0 Å². The Hall–Kier alpha value is -1.79. The third-order valence-electron chi connectivity index (χ3n) is 6.35. The Kier molecular flexibility index (Phi) is 5.78. The maximum Gasteiger partial charge on any atom is 0.407 e. The summed E-state index contributed by atoms with van der Waals surface area (Å²) >= 11 is 6.39. The molecule has 2 saturated heterocycles. The van der Waals surface area contributed by atoms with Crippen LogP contribution in [0.25, 0.3) is 0 Å². The average molecular weight is 407 g/mol. The van der Waals surface area contributed by atoms with Crippen molar-refractivity contribution in [2.75, 3.05) is 26.3 Å². The van der Waals surface area contributed by atoms with Crippen molar-refractivity contribution in [1.82, 2.24) is 9.80 Å². The Labute approximate surface area is 170 Å². The molecule has 28 heavy (non-hydrogen) atoms. The summed E-state index contributed by atoms with van der Waals surface area (Å²) in [6.45, 7) is 3.31. The number of hydrogen-bond donors (Lipinski definition) is 1. The second kappa shape index (κ2) is 8.29. The monoisotopic (exact) mass is 406 g/mol.